The quantitative estimate of drug-likeness (QED) is 0.330. The number of ketones is 1. The molecule has 0 aromatic heterocycles. The zero-order valence-corrected chi connectivity index (χ0v) is 20.7. The van der Waals surface area contributed by atoms with Gasteiger partial charge in [-0.1, -0.05) is 64.7 Å². The van der Waals surface area contributed by atoms with Crippen LogP contribution in [-0.4, -0.2) is 45.3 Å². The molecule has 2 aliphatic rings. The zero-order chi connectivity index (χ0) is 23.3. The molecule has 2 saturated heterocycles. The third-order valence-electron chi connectivity index (χ3n) is 7.15. The first-order valence-corrected chi connectivity index (χ1v) is 12.4. The standard InChI is InChI=1S/C25H45N3O3/c1-7-8-9-10-11-12-13-14-15-16-20(19(2)29)28-23(3,4)17-25(18-24(28,5)6)21(30)26-22(31)27-25/h20H,7-18H2,1-6H3,(H2,26,27,30,31). The van der Waals surface area contributed by atoms with Crippen LogP contribution in [0.15, 0.2) is 0 Å². The molecule has 178 valence electrons. The van der Waals surface area contributed by atoms with Gasteiger partial charge in [-0.25, -0.2) is 4.79 Å². The molecule has 2 heterocycles. The first-order valence-electron chi connectivity index (χ1n) is 12.4. The second-order valence-corrected chi connectivity index (χ2v) is 11.1. The summed E-state index contributed by atoms with van der Waals surface area (Å²) in [4.78, 5) is 39.5. The van der Waals surface area contributed by atoms with Gasteiger partial charge in [0.2, 0.25) is 0 Å². The van der Waals surface area contributed by atoms with Crippen molar-refractivity contribution in [3.05, 3.63) is 0 Å². The van der Waals surface area contributed by atoms with Gasteiger partial charge in [-0.05, 0) is 53.9 Å². The number of hydrogen-bond donors (Lipinski definition) is 2. The van der Waals surface area contributed by atoms with E-state index in [2.05, 4.69) is 50.2 Å². The molecule has 2 N–H and O–H groups in total. The maximum absolute atomic E-state index is 12.7. The van der Waals surface area contributed by atoms with Crippen LogP contribution in [0, 0.1) is 0 Å². The van der Waals surface area contributed by atoms with Gasteiger partial charge in [-0.2, -0.15) is 0 Å². The SMILES string of the molecule is CCCCCCCCCCCC(C(C)=O)N1C(C)(C)CC2(CC1(C)C)NC(=O)NC2=O. The molecule has 3 amide bonds. The molecular formula is C25H45N3O3. The monoisotopic (exact) mass is 435 g/mol. The van der Waals surface area contributed by atoms with Crippen LogP contribution in [0.3, 0.4) is 0 Å². The molecule has 0 bridgehead atoms. The molecule has 31 heavy (non-hydrogen) atoms. The molecule has 0 aromatic carbocycles. The number of hydrogen-bond acceptors (Lipinski definition) is 4. The summed E-state index contributed by atoms with van der Waals surface area (Å²) in [6.45, 7) is 12.3. The molecule has 1 spiro atoms. The van der Waals surface area contributed by atoms with Crippen LogP contribution in [0.25, 0.3) is 0 Å². The number of carbonyl (C=O) groups is 3. The predicted octanol–water partition coefficient (Wildman–Crippen LogP) is 5.10. The average Bonchev–Trinajstić information content (AvgIpc) is 2.88. The van der Waals surface area contributed by atoms with E-state index in [0.29, 0.717) is 12.8 Å². The topological polar surface area (TPSA) is 78.5 Å². The minimum atomic E-state index is -0.889. The summed E-state index contributed by atoms with van der Waals surface area (Å²) in [6.07, 6.45) is 13.2. The van der Waals surface area contributed by atoms with Crippen molar-refractivity contribution in [2.24, 2.45) is 0 Å². The van der Waals surface area contributed by atoms with Crippen LogP contribution in [0.2, 0.25) is 0 Å². The van der Waals surface area contributed by atoms with Gasteiger partial charge in [-0.15, -0.1) is 0 Å². The maximum Gasteiger partial charge on any atom is 0.322 e. The van der Waals surface area contributed by atoms with Gasteiger partial charge in [0.05, 0.1) is 6.04 Å². The molecule has 6 heteroatoms. The van der Waals surface area contributed by atoms with Gasteiger partial charge in [0, 0.05) is 11.1 Å². The number of rotatable bonds is 12. The van der Waals surface area contributed by atoms with E-state index in [-0.39, 0.29) is 17.7 Å². The second-order valence-electron chi connectivity index (χ2n) is 11.1. The third kappa shape index (κ3) is 6.30. The Morgan fingerprint density at radius 1 is 0.903 bits per heavy atom. The van der Waals surface area contributed by atoms with Crippen LogP contribution in [0.5, 0.6) is 0 Å². The van der Waals surface area contributed by atoms with Gasteiger partial charge >= 0.3 is 6.03 Å². The number of nitrogens with zero attached hydrogens (tertiary/aromatic N) is 1. The first kappa shape index (κ1) is 25.8. The summed E-state index contributed by atoms with van der Waals surface area (Å²) in [5.74, 6) is -0.0480. The fourth-order valence-electron chi connectivity index (χ4n) is 6.31. The number of carbonyl (C=O) groups excluding carboxylic acids is 3. The lowest BCUT2D eigenvalue weighted by Crippen LogP contribution is -2.72. The number of unbranched alkanes of at least 4 members (excludes halogenated alkanes) is 8. The lowest BCUT2D eigenvalue weighted by atomic mass is 9.67. The molecule has 6 nitrogen and oxygen atoms in total. The molecule has 2 aliphatic heterocycles. The van der Waals surface area contributed by atoms with Crippen LogP contribution < -0.4 is 10.6 Å². The highest BCUT2D eigenvalue weighted by molar-refractivity contribution is 6.07. The van der Waals surface area contributed by atoms with E-state index < -0.39 is 22.6 Å². The van der Waals surface area contributed by atoms with E-state index in [1.807, 2.05) is 0 Å². The van der Waals surface area contributed by atoms with Crippen molar-refractivity contribution in [3.8, 4) is 0 Å². The minimum Gasteiger partial charge on any atom is -0.323 e. The second kappa shape index (κ2) is 10.5. The van der Waals surface area contributed by atoms with Crippen molar-refractivity contribution in [3.63, 3.8) is 0 Å². The largest absolute Gasteiger partial charge is 0.323 e. The smallest absolute Gasteiger partial charge is 0.322 e. The number of nitrogens with one attached hydrogen (secondary N) is 2. The molecule has 0 radical (unpaired) electrons. The van der Waals surface area contributed by atoms with Crippen LogP contribution in [0.1, 0.15) is 119 Å². The summed E-state index contributed by atoms with van der Waals surface area (Å²) >= 11 is 0. The van der Waals surface area contributed by atoms with Gasteiger partial charge in [0.15, 0.2) is 0 Å². The zero-order valence-electron chi connectivity index (χ0n) is 20.7. The highest BCUT2D eigenvalue weighted by Crippen LogP contribution is 2.46. The Morgan fingerprint density at radius 3 is 1.81 bits per heavy atom. The summed E-state index contributed by atoms with van der Waals surface area (Å²) < 4.78 is 0. The van der Waals surface area contributed by atoms with E-state index >= 15 is 0 Å². The molecule has 2 rings (SSSR count). The number of amides is 3. The summed E-state index contributed by atoms with van der Waals surface area (Å²) in [5, 5.41) is 5.31. The number of imide groups is 1. The fourth-order valence-corrected chi connectivity index (χ4v) is 6.31. The minimum absolute atomic E-state index is 0.160. The Kier molecular flexibility index (Phi) is 8.71. The lowest BCUT2D eigenvalue weighted by molar-refractivity contribution is -0.146. The molecule has 1 atom stereocenters. The van der Waals surface area contributed by atoms with Crippen LogP contribution in [0.4, 0.5) is 4.79 Å². The van der Waals surface area contributed by atoms with Crippen LogP contribution in [-0.2, 0) is 9.59 Å². The van der Waals surface area contributed by atoms with Crippen molar-refractivity contribution in [1.29, 1.82) is 0 Å². The Labute approximate surface area is 189 Å². The molecule has 0 aliphatic carbocycles. The average molecular weight is 436 g/mol. The maximum atomic E-state index is 12.7. The van der Waals surface area contributed by atoms with Crippen molar-refractivity contribution >= 4 is 17.7 Å². The van der Waals surface area contributed by atoms with Gasteiger partial charge in [-0.3, -0.25) is 19.8 Å². The molecule has 2 fully saturated rings. The van der Waals surface area contributed by atoms with Crippen molar-refractivity contribution in [2.45, 2.75) is 141 Å². The Morgan fingerprint density at radius 2 is 1.39 bits per heavy atom. The normalized spacial score (nSPS) is 22.9. The summed E-state index contributed by atoms with van der Waals surface area (Å²) in [5.41, 5.74) is -1.68. The third-order valence-corrected chi connectivity index (χ3v) is 7.15. The number of piperidine rings is 1. The van der Waals surface area contributed by atoms with Gasteiger partial charge in [0.25, 0.3) is 5.91 Å². The fraction of sp³-hybridized carbons (Fsp3) is 0.880. The molecular weight excluding hydrogens is 390 g/mol. The molecule has 0 aromatic rings. The highest BCUT2D eigenvalue weighted by atomic mass is 16.2. The predicted molar refractivity (Wildman–Crippen MR) is 125 cm³/mol. The van der Waals surface area contributed by atoms with E-state index in [1.165, 1.54) is 44.9 Å². The van der Waals surface area contributed by atoms with Crippen molar-refractivity contribution < 1.29 is 14.4 Å². The van der Waals surface area contributed by atoms with E-state index in [1.54, 1.807) is 6.92 Å². The summed E-state index contributed by atoms with van der Waals surface area (Å²) in [6, 6.07) is -0.574. The number of likely N-dealkylation sites (tertiary alicyclic amines) is 1. The number of Topliss-reactive ketones (excluding diaryl/α,β-unsaturated/α-hetero) is 1. The van der Waals surface area contributed by atoms with E-state index in [9.17, 15) is 14.4 Å². The molecule has 1 unspecified atom stereocenters. The van der Waals surface area contributed by atoms with Crippen LogP contribution >= 0.6 is 0 Å². The van der Waals surface area contributed by atoms with E-state index in [4.69, 9.17) is 0 Å². The van der Waals surface area contributed by atoms with E-state index in [0.717, 1.165) is 19.3 Å². The molecule has 0 saturated carbocycles. The van der Waals surface area contributed by atoms with Crippen molar-refractivity contribution in [1.82, 2.24) is 15.5 Å². The van der Waals surface area contributed by atoms with Gasteiger partial charge in [0.1, 0.15) is 11.3 Å². The summed E-state index contributed by atoms with van der Waals surface area (Å²) in [7, 11) is 0. The highest BCUT2D eigenvalue weighted by Gasteiger charge is 2.60. The Balaban J connectivity index is 1.98. The van der Waals surface area contributed by atoms with Crippen molar-refractivity contribution in [2.75, 3.05) is 0 Å². The Bertz CT molecular complexity index is 638. The number of urea groups is 1. The Hall–Kier alpha value is -1.43. The van der Waals surface area contributed by atoms with Gasteiger partial charge < -0.3 is 5.32 Å². The first-order chi connectivity index (χ1) is 14.4. The lowest BCUT2D eigenvalue weighted by Gasteiger charge is -2.59.